The van der Waals surface area contributed by atoms with E-state index in [2.05, 4.69) is 0 Å². The minimum atomic E-state index is -4.44. The van der Waals surface area contributed by atoms with Gasteiger partial charge in [-0.15, -0.1) is 0 Å². The summed E-state index contributed by atoms with van der Waals surface area (Å²) in [5, 5.41) is 18.8. The van der Waals surface area contributed by atoms with Crippen LogP contribution >= 0.6 is 7.82 Å². The maximum Gasteiger partial charge on any atom is 0.529 e. The van der Waals surface area contributed by atoms with Crippen molar-refractivity contribution >= 4 is 31.4 Å². The van der Waals surface area contributed by atoms with Gasteiger partial charge in [-0.1, -0.05) is 18.2 Å². The minimum Gasteiger partial charge on any atom is -0.404 e. The first-order valence-corrected chi connectivity index (χ1v) is 11.2. The molecule has 3 N–H and O–H groups in total. The molecule has 1 aromatic carbocycles. The number of fused-ring (bicyclic) bond motifs is 1. The molecule has 1 saturated heterocycles. The number of alkyl halides is 1. The van der Waals surface area contributed by atoms with Crippen molar-refractivity contribution in [2.45, 2.75) is 35.7 Å². The lowest BCUT2D eigenvalue weighted by Crippen LogP contribution is -2.60. The van der Waals surface area contributed by atoms with Gasteiger partial charge in [0.1, 0.15) is 39.3 Å². The van der Waals surface area contributed by atoms with Gasteiger partial charge < -0.3 is 19.5 Å². The maximum atomic E-state index is 16.2. The number of hydrogen-bond acceptors (Lipinski definition) is 9. The lowest BCUT2D eigenvalue weighted by atomic mass is 9.59. The summed E-state index contributed by atoms with van der Waals surface area (Å²) in [6.45, 7) is -0.168. The number of hydrogen-bond donors (Lipinski definition) is 3. The van der Waals surface area contributed by atoms with E-state index in [4.69, 9.17) is 18.3 Å². The van der Waals surface area contributed by atoms with E-state index in [0.717, 1.165) is 23.5 Å². The number of rotatable bonds is 4. The number of aliphatic hydroxyl groups is 2. The Balaban J connectivity index is 1.68. The number of nitrogens with one attached hydrogen (secondary N) is 1. The number of halogens is 2. The molecule has 2 aromatic rings. The number of ether oxygens (including phenoxy) is 1. The number of nitrogens with zero attached hydrogens (tertiary/aromatic N) is 1. The standard InChI is InChI=1S/C16H18B3F2N2O9P/c17-15(23-5-8(20)12(26)22-13(23)27)11(25)10(24)14(21,31-15)16(18,19)32-33(28)29-6-7-3-1-2-4-9(7)30-33/h1-5,10-11,24-25H,6,17-19H2,(H,22,26,27)/t10-,11+,14-,15-,33?/m0/s1. The van der Waals surface area contributed by atoms with Gasteiger partial charge in [0.2, 0.25) is 5.82 Å². The minimum absolute atomic E-state index is 0.168. The van der Waals surface area contributed by atoms with Crippen LogP contribution in [-0.4, -0.2) is 66.8 Å². The molecule has 11 nitrogen and oxygen atoms in total. The van der Waals surface area contributed by atoms with Crippen LogP contribution in [0.4, 0.5) is 8.78 Å². The second kappa shape index (κ2) is 7.65. The van der Waals surface area contributed by atoms with Crippen LogP contribution in [0.1, 0.15) is 5.56 Å². The molecule has 0 spiro atoms. The van der Waals surface area contributed by atoms with Crippen molar-refractivity contribution in [3.8, 4) is 5.75 Å². The van der Waals surface area contributed by atoms with Crippen LogP contribution in [0.3, 0.4) is 0 Å². The van der Waals surface area contributed by atoms with Crippen LogP contribution < -0.4 is 15.8 Å². The van der Waals surface area contributed by atoms with E-state index in [0.29, 0.717) is 16.3 Å². The smallest absolute Gasteiger partial charge is 0.404 e. The molecule has 33 heavy (non-hydrogen) atoms. The third-order valence-electron chi connectivity index (χ3n) is 5.68. The molecule has 5 atom stereocenters. The first-order chi connectivity index (χ1) is 15.2. The summed E-state index contributed by atoms with van der Waals surface area (Å²) in [5.41, 5.74) is -4.40. The molecule has 0 bridgehead atoms. The average Bonchev–Trinajstić information content (AvgIpc) is 2.91. The van der Waals surface area contributed by atoms with Crippen LogP contribution in [0, 0.1) is 5.82 Å². The van der Waals surface area contributed by atoms with E-state index < -0.39 is 54.0 Å². The fourth-order valence-electron chi connectivity index (χ4n) is 3.76. The largest absolute Gasteiger partial charge is 0.529 e. The lowest BCUT2D eigenvalue weighted by Gasteiger charge is -2.41. The molecule has 1 fully saturated rings. The summed E-state index contributed by atoms with van der Waals surface area (Å²) in [6, 6.07) is 6.48. The van der Waals surface area contributed by atoms with Crippen molar-refractivity contribution in [2.75, 3.05) is 0 Å². The van der Waals surface area contributed by atoms with Gasteiger partial charge in [0.15, 0.2) is 7.85 Å². The van der Waals surface area contributed by atoms with Gasteiger partial charge in [-0.05, 0) is 6.07 Å². The van der Waals surface area contributed by atoms with Gasteiger partial charge in [0.05, 0.1) is 18.2 Å². The molecule has 3 heterocycles. The highest BCUT2D eigenvalue weighted by Crippen LogP contribution is 2.59. The first-order valence-electron chi connectivity index (χ1n) is 9.72. The quantitative estimate of drug-likeness (QED) is 0.305. The third-order valence-corrected chi connectivity index (χ3v) is 7.23. The topological polar surface area (TPSA) is 149 Å². The van der Waals surface area contributed by atoms with Crippen molar-refractivity contribution < 1.29 is 41.9 Å². The van der Waals surface area contributed by atoms with Gasteiger partial charge >= 0.3 is 13.5 Å². The van der Waals surface area contributed by atoms with Crippen molar-refractivity contribution in [1.82, 2.24) is 9.55 Å². The summed E-state index contributed by atoms with van der Waals surface area (Å²) in [5.74, 6) is -4.54. The van der Waals surface area contributed by atoms with Crippen molar-refractivity contribution in [1.29, 1.82) is 0 Å². The fourth-order valence-corrected chi connectivity index (χ4v) is 5.30. The lowest BCUT2D eigenvalue weighted by molar-refractivity contribution is -0.240. The first kappa shape index (κ1) is 23.9. The summed E-state index contributed by atoms with van der Waals surface area (Å²) in [4.78, 5) is 25.2. The highest BCUT2D eigenvalue weighted by atomic mass is 31.2. The number of aromatic nitrogens is 2. The number of aliphatic hydroxyl groups excluding tert-OH is 2. The van der Waals surface area contributed by atoms with E-state index in [1.165, 1.54) is 6.07 Å². The van der Waals surface area contributed by atoms with Crippen molar-refractivity contribution in [3.63, 3.8) is 0 Å². The zero-order valence-corrected chi connectivity index (χ0v) is 18.5. The molecule has 174 valence electrons. The molecule has 0 amide bonds. The molecule has 1 unspecified atom stereocenters. The highest BCUT2D eigenvalue weighted by molar-refractivity contribution is 7.49. The number of phosphoric ester groups is 1. The SMILES string of the molecule is BC(B)(OP1(=O)OCc2ccccc2O1)[C@@]1(F)O[C@@](B)(n2cc(F)c(=O)[nH]c2=O)[C@H](O)[C@@H]1O. The Morgan fingerprint density at radius 3 is 2.64 bits per heavy atom. The Hall–Kier alpha value is -2.22. The van der Waals surface area contributed by atoms with Crippen LogP contribution in [-0.2, 0) is 30.6 Å². The van der Waals surface area contributed by atoms with Gasteiger partial charge in [-0.25, -0.2) is 13.8 Å². The summed E-state index contributed by atoms with van der Waals surface area (Å²) in [7, 11) is -1.34. The van der Waals surface area contributed by atoms with Crippen molar-refractivity contribution in [3.05, 3.63) is 62.7 Å². The number of benzene rings is 1. The number of para-hydroxylation sites is 1. The maximum absolute atomic E-state index is 16.2. The molecule has 0 saturated carbocycles. The Morgan fingerprint density at radius 2 is 1.94 bits per heavy atom. The molecular weight excluding hydrogens is 466 g/mol. The molecule has 4 rings (SSSR count). The van der Waals surface area contributed by atoms with Gasteiger partial charge in [0.25, 0.3) is 11.4 Å². The summed E-state index contributed by atoms with van der Waals surface area (Å²) in [6.07, 6.45) is -4.12. The Morgan fingerprint density at radius 1 is 1.27 bits per heavy atom. The van der Waals surface area contributed by atoms with Crippen LogP contribution in [0.25, 0.3) is 0 Å². The van der Waals surface area contributed by atoms with E-state index >= 15 is 4.39 Å². The van der Waals surface area contributed by atoms with Crippen molar-refractivity contribution in [2.24, 2.45) is 0 Å². The normalized spacial score (nSPS) is 33.9. The van der Waals surface area contributed by atoms with E-state index in [1.54, 1.807) is 23.2 Å². The number of aromatic amines is 1. The van der Waals surface area contributed by atoms with Gasteiger partial charge in [-0.3, -0.25) is 23.4 Å². The fraction of sp³-hybridized carbons (Fsp3) is 0.375. The predicted molar refractivity (Wildman–Crippen MR) is 115 cm³/mol. The van der Waals surface area contributed by atoms with E-state index in [-0.39, 0.29) is 12.4 Å². The Kier molecular flexibility index (Phi) is 5.55. The van der Waals surface area contributed by atoms with Gasteiger partial charge in [-0.2, -0.15) is 4.39 Å². The zero-order chi connectivity index (χ0) is 24.4. The molecule has 1 aromatic heterocycles. The molecule has 0 radical (unpaired) electrons. The number of H-pyrrole nitrogens is 1. The van der Waals surface area contributed by atoms with E-state index in [1.807, 2.05) is 0 Å². The Bertz CT molecular complexity index is 1280. The van der Waals surface area contributed by atoms with Crippen LogP contribution in [0.15, 0.2) is 40.1 Å². The summed E-state index contributed by atoms with van der Waals surface area (Å²) >= 11 is 0. The predicted octanol–water partition coefficient (Wildman–Crippen LogP) is -3.01. The number of phosphoric acid groups is 1. The molecule has 2 aliphatic heterocycles. The van der Waals surface area contributed by atoms with Crippen LogP contribution in [0.2, 0.25) is 0 Å². The van der Waals surface area contributed by atoms with Crippen LogP contribution in [0.5, 0.6) is 5.75 Å². The second-order valence-corrected chi connectivity index (χ2v) is 9.84. The summed E-state index contributed by atoms with van der Waals surface area (Å²) < 4.78 is 64.6. The average molecular weight is 484 g/mol. The van der Waals surface area contributed by atoms with Gasteiger partial charge in [0, 0.05) is 5.56 Å². The Labute approximate surface area is 187 Å². The monoisotopic (exact) mass is 484 g/mol. The third kappa shape index (κ3) is 3.70. The highest BCUT2D eigenvalue weighted by Gasteiger charge is 2.69. The van der Waals surface area contributed by atoms with E-state index in [9.17, 15) is 28.8 Å². The molecular formula is C16H18B3F2N2O9P. The molecule has 2 aliphatic rings. The molecule has 0 aliphatic carbocycles. The second-order valence-electron chi connectivity index (χ2n) is 8.32. The molecule has 17 heteroatoms. The zero-order valence-electron chi connectivity index (χ0n) is 17.7.